The number of nitrogens with zero attached hydrogens (tertiary/aromatic N) is 1. The van der Waals surface area contributed by atoms with Crippen molar-refractivity contribution >= 4 is 5.97 Å². The van der Waals surface area contributed by atoms with E-state index in [2.05, 4.69) is 18.8 Å². The van der Waals surface area contributed by atoms with Crippen LogP contribution in [0.4, 0.5) is 0 Å². The molecule has 1 rings (SSSR count). The van der Waals surface area contributed by atoms with Crippen LogP contribution in [0, 0.1) is 0 Å². The lowest BCUT2D eigenvalue weighted by molar-refractivity contribution is 0.0250. The van der Waals surface area contributed by atoms with Crippen molar-refractivity contribution in [3.63, 3.8) is 0 Å². The van der Waals surface area contributed by atoms with E-state index in [9.17, 15) is 4.79 Å². The Morgan fingerprint density at radius 1 is 0.913 bits per heavy atom. The molecule has 0 aliphatic carbocycles. The average Bonchev–Trinajstić information content (AvgIpc) is 2.59. The predicted octanol–water partition coefficient (Wildman–Crippen LogP) is 5.94. The van der Waals surface area contributed by atoms with Gasteiger partial charge in [0, 0.05) is 12.4 Å². The lowest BCUT2D eigenvalue weighted by Gasteiger charge is -2.17. The summed E-state index contributed by atoms with van der Waals surface area (Å²) in [6.45, 7) is 4.42. The molecule has 0 fully saturated rings. The molecule has 0 bridgehead atoms. The quantitative estimate of drug-likeness (QED) is 0.334. The SMILES string of the molecule is CCCCCCCCCC(CCCC)OC(=O)c1ccncc1. The maximum Gasteiger partial charge on any atom is 0.338 e. The number of pyridine rings is 1. The molecule has 0 aliphatic heterocycles. The summed E-state index contributed by atoms with van der Waals surface area (Å²) >= 11 is 0. The molecule has 1 unspecified atom stereocenters. The second-order valence-electron chi connectivity index (χ2n) is 6.32. The van der Waals surface area contributed by atoms with E-state index >= 15 is 0 Å². The molecule has 0 aliphatic rings. The molecule has 1 aromatic heterocycles. The molecule has 0 aromatic carbocycles. The maximum absolute atomic E-state index is 12.2. The minimum absolute atomic E-state index is 0.0613. The summed E-state index contributed by atoms with van der Waals surface area (Å²) in [6, 6.07) is 3.43. The minimum atomic E-state index is -0.212. The number of esters is 1. The highest BCUT2D eigenvalue weighted by Crippen LogP contribution is 2.17. The Balaban J connectivity index is 2.30. The second kappa shape index (κ2) is 13.1. The molecule has 3 heteroatoms. The van der Waals surface area contributed by atoms with Crippen LogP contribution in [0.2, 0.25) is 0 Å². The first-order valence-electron chi connectivity index (χ1n) is 9.39. The third-order valence-electron chi connectivity index (χ3n) is 4.20. The van der Waals surface area contributed by atoms with Crippen molar-refractivity contribution in [1.82, 2.24) is 4.98 Å². The molecule has 1 atom stereocenters. The van der Waals surface area contributed by atoms with Crippen molar-refractivity contribution in [2.24, 2.45) is 0 Å². The number of ether oxygens (including phenoxy) is 1. The first-order valence-corrected chi connectivity index (χ1v) is 9.39. The molecule has 1 heterocycles. The first kappa shape index (κ1) is 19.7. The third-order valence-corrected chi connectivity index (χ3v) is 4.20. The molecule has 130 valence electrons. The van der Waals surface area contributed by atoms with Crippen molar-refractivity contribution in [3.05, 3.63) is 30.1 Å². The van der Waals surface area contributed by atoms with Crippen LogP contribution >= 0.6 is 0 Å². The van der Waals surface area contributed by atoms with E-state index in [0.29, 0.717) is 5.56 Å². The summed E-state index contributed by atoms with van der Waals surface area (Å²) in [5.74, 6) is -0.212. The molecule has 0 radical (unpaired) electrons. The molecular formula is C20H33NO2. The topological polar surface area (TPSA) is 39.2 Å². The standard InChI is InChI=1S/C20H33NO2/c1-3-5-7-8-9-10-11-13-19(12-6-4-2)23-20(22)18-14-16-21-17-15-18/h14-17,19H,3-13H2,1-2H3. The van der Waals surface area contributed by atoms with Gasteiger partial charge in [0.1, 0.15) is 6.10 Å². The van der Waals surface area contributed by atoms with Gasteiger partial charge in [-0.15, -0.1) is 0 Å². The molecule has 3 nitrogen and oxygen atoms in total. The number of hydrogen-bond donors (Lipinski definition) is 0. The highest BCUT2D eigenvalue weighted by Gasteiger charge is 2.15. The molecule has 0 amide bonds. The van der Waals surface area contributed by atoms with Gasteiger partial charge < -0.3 is 4.74 Å². The molecular weight excluding hydrogens is 286 g/mol. The van der Waals surface area contributed by atoms with E-state index in [4.69, 9.17) is 4.74 Å². The largest absolute Gasteiger partial charge is 0.459 e. The van der Waals surface area contributed by atoms with Crippen molar-refractivity contribution in [3.8, 4) is 0 Å². The number of unbranched alkanes of at least 4 members (excludes halogenated alkanes) is 7. The summed E-state index contributed by atoms with van der Waals surface area (Å²) in [7, 11) is 0. The van der Waals surface area contributed by atoms with Crippen LogP contribution in [0.3, 0.4) is 0 Å². The normalized spacial score (nSPS) is 12.1. The molecule has 1 aromatic rings. The van der Waals surface area contributed by atoms with Crippen molar-refractivity contribution in [2.75, 3.05) is 0 Å². The van der Waals surface area contributed by atoms with Crippen LogP contribution in [0.25, 0.3) is 0 Å². The van der Waals surface area contributed by atoms with E-state index in [1.54, 1.807) is 24.5 Å². The maximum atomic E-state index is 12.2. The average molecular weight is 319 g/mol. The van der Waals surface area contributed by atoms with E-state index in [1.807, 2.05) is 0 Å². The summed E-state index contributed by atoms with van der Waals surface area (Å²) < 4.78 is 5.72. The van der Waals surface area contributed by atoms with Gasteiger partial charge in [-0.3, -0.25) is 4.98 Å². The highest BCUT2D eigenvalue weighted by molar-refractivity contribution is 5.89. The van der Waals surface area contributed by atoms with Crippen LogP contribution in [0.1, 0.15) is 94.8 Å². The summed E-state index contributed by atoms with van der Waals surface area (Å²) in [5.41, 5.74) is 0.598. The zero-order chi connectivity index (χ0) is 16.8. The lowest BCUT2D eigenvalue weighted by atomic mass is 10.0. The highest BCUT2D eigenvalue weighted by atomic mass is 16.5. The van der Waals surface area contributed by atoms with Gasteiger partial charge in [0.2, 0.25) is 0 Å². The van der Waals surface area contributed by atoms with Gasteiger partial charge >= 0.3 is 5.97 Å². The van der Waals surface area contributed by atoms with Crippen molar-refractivity contribution in [2.45, 2.75) is 90.6 Å². The summed E-state index contributed by atoms with van der Waals surface area (Å²) in [4.78, 5) is 16.1. The second-order valence-corrected chi connectivity index (χ2v) is 6.32. The fourth-order valence-corrected chi connectivity index (χ4v) is 2.73. The van der Waals surface area contributed by atoms with Gasteiger partial charge in [-0.25, -0.2) is 4.79 Å². The Bertz CT molecular complexity index is 405. The van der Waals surface area contributed by atoms with E-state index in [0.717, 1.165) is 32.1 Å². The fraction of sp³-hybridized carbons (Fsp3) is 0.700. The Kier molecular flexibility index (Phi) is 11.2. The van der Waals surface area contributed by atoms with Gasteiger partial charge in [0.15, 0.2) is 0 Å². The van der Waals surface area contributed by atoms with Gasteiger partial charge in [-0.1, -0.05) is 65.2 Å². The predicted molar refractivity (Wildman–Crippen MR) is 95.6 cm³/mol. The van der Waals surface area contributed by atoms with Gasteiger partial charge in [-0.05, 0) is 31.4 Å². The third kappa shape index (κ3) is 9.37. The lowest BCUT2D eigenvalue weighted by Crippen LogP contribution is -2.18. The van der Waals surface area contributed by atoms with Gasteiger partial charge in [0.25, 0.3) is 0 Å². The Morgan fingerprint density at radius 3 is 2.13 bits per heavy atom. The molecule has 0 saturated carbocycles. The van der Waals surface area contributed by atoms with Crippen LogP contribution in [0.5, 0.6) is 0 Å². The fourth-order valence-electron chi connectivity index (χ4n) is 2.73. The van der Waals surface area contributed by atoms with E-state index < -0.39 is 0 Å². The summed E-state index contributed by atoms with van der Waals surface area (Å²) in [5, 5.41) is 0. The Morgan fingerprint density at radius 2 is 1.48 bits per heavy atom. The van der Waals surface area contributed by atoms with Crippen LogP contribution in [-0.2, 0) is 4.74 Å². The zero-order valence-corrected chi connectivity index (χ0v) is 14.9. The van der Waals surface area contributed by atoms with Gasteiger partial charge in [0.05, 0.1) is 5.56 Å². The van der Waals surface area contributed by atoms with Crippen LogP contribution in [-0.4, -0.2) is 17.1 Å². The van der Waals surface area contributed by atoms with E-state index in [1.165, 1.54) is 38.5 Å². The number of rotatable bonds is 13. The van der Waals surface area contributed by atoms with Crippen LogP contribution < -0.4 is 0 Å². The molecule has 0 spiro atoms. The monoisotopic (exact) mass is 319 g/mol. The molecule has 0 N–H and O–H groups in total. The van der Waals surface area contributed by atoms with Crippen molar-refractivity contribution < 1.29 is 9.53 Å². The molecule has 23 heavy (non-hydrogen) atoms. The van der Waals surface area contributed by atoms with Gasteiger partial charge in [-0.2, -0.15) is 0 Å². The Hall–Kier alpha value is -1.38. The number of carbonyl (C=O) groups is 1. The first-order chi connectivity index (χ1) is 11.3. The summed E-state index contributed by atoms with van der Waals surface area (Å²) in [6.07, 6.45) is 16.6. The van der Waals surface area contributed by atoms with Crippen molar-refractivity contribution in [1.29, 1.82) is 0 Å². The number of hydrogen-bond acceptors (Lipinski definition) is 3. The molecule has 0 saturated heterocycles. The number of carbonyl (C=O) groups excluding carboxylic acids is 1. The minimum Gasteiger partial charge on any atom is -0.459 e. The Labute approximate surface area is 141 Å². The smallest absolute Gasteiger partial charge is 0.338 e. The van der Waals surface area contributed by atoms with Crippen LogP contribution in [0.15, 0.2) is 24.5 Å². The zero-order valence-electron chi connectivity index (χ0n) is 14.9. The van der Waals surface area contributed by atoms with E-state index in [-0.39, 0.29) is 12.1 Å². The number of aromatic nitrogens is 1.